The van der Waals surface area contributed by atoms with Crippen LogP contribution in [0.2, 0.25) is 0 Å². The number of piperidine rings is 1. The number of ether oxygens (including phenoxy) is 1. The van der Waals surface area contributed by atoms with Crippen LogP contribution in [0.25, 0.3) is 0 Å². The minimum atomic E-state index is -0.798. The molecule has 0 aromatic rings. The van der Waals surface area contributed by atoms with Crippen molar-refractivity contribution in [2.24, 2.45) is 0 Å². The lowest BCUT2D eigenvalue weighted by Gasteiger charge is -2.35. The van der Waals surface area contributed by atoms with E-state index in [1.807, 2.05) is 6.92 Å². The van der Waals surface area contributed by atoms with Gasteiger partial charge in [0, 0.05) is 25.6 Å². The predicted molar refractivity (Wildman–Crippen MR) is 62.7 cm³/mol. The Balaban J connectivity index is 2.46. The molecule has 1 atom stereocenters. The Labute approximate surface area is 102 Å². The van der Waals surface area contributed by atoms with Crippen molar-refractivity contribution in [1.29, 1.82) is 0 Å². The zero-order valence-electron chi connectivity index (χ0n) is 10.4. The molecule has 1 aliphatic rings. The maximum absolute atomic E-state index is 11.9. The highest BCUT2D eigenvalue weighted by Gasteiger charge is 2.26. The highest BCUT2D eigenvalue weighted by Crippen LogP contribution is 2.21. The zero-order chi connectivity index (χ0) is 12.7. The van der Waals surface area contributed by atoms with Crippen molar-refractivity contribution in [1.82, 2.24) is 4.90 Å². The number of carbonyl (C=O) groups is 2. The standard InChI is InChI=1S/C12H21NO4/c1-2-17-9-11(14)13-8-4-3-5-10(13)6-7-12(15)16/h10H,2-9H2,1H3,(H,15,16)/t10-/m1/s1. The Hall–Kier alpha value is -1.10. The van der Waals surface area contributed by atoms with E-state index in [4.69, 9.17) is 9.84 Å². The number of carboxylic acid groups (broad SMARTS) is 1. The molecule has 1 aliphatic heterocycles. The van der Waals surface area contributed by atoms with Gasteiger partial charge in [-0.1, -0.05) is 0 Å². The fourth-order valence-corrected chi connectivity index (χ4v) is 2.19. The molecular formula is C12H21NO4. The van der Waals surface area contributed by atoms with Gasteiger partial charge in [0.25, 0.3) is 0 Å². The first kappa shape index (κ1) is 14.0. The van der Waals surface area contributed by atoms with E-state index in [0.29, 0.717) is 13.0 Å². The summed E-state index contributed by atoms with van der Waals surface area (Å²) in [5.41, 5.74) is 0. The summed E-state index contributed by atoms with van der Waals surface area (Å²) in [7, 11) is 0. The Morgan fingerprint density at radius 3 is 2.82 bits per heavy atom. The largest absolute Gasteiger partial charge is 0.481 e. The molecule has 17 heavy (non-hydrogen) atoms. The predicted octanol–water partition coefficient (Wildman–Crippen LogP) is 1.27. The Morgan fingerprint density at radius 2 is 2.18 bits per heavy atom. The molecule has 0 bridgehead atoms. The van der Waals surface area contributed by atoms with Crippen LogP contribution < -0.4 is 0 Å². The fourth-order valence-electron chi connectivity index (χ4n) is 2.19. The molecule has 0 unspecified atom stereocenters. The average Bonchev–Trinajstić information content (AvgIpc) is 2.33. The molecule has 0 saturated carbocycles. The summed E-state index contributed by atoms with van der Waals surface area (Å²) in [6.45, 7) is 3.22. The first-order valence-corrected chi connectivity index (χ1v) is 6.24. The molecule has 1 N–H and O–H groups in total. The lowest BCUT2D eigenvalue weighted by Crippen LogP contribution is -2.45. The van der Waals surface area contributed by atoms with E-state index in [2.05, 4.69) is 0 Å². The zero-order valence-corrected chi connectivity index (χ0v) is 10.4. The maximum Gasteiger partial charge on any atom is 0.303 e. The topological polar surface area (TPSA) is 66.8 Å². The van der Waals surface area contributed by atoms with Crippen LogP contribution in [0.3, 0.4) is 0 Å². The van der Waals surface area contributed by atoms with E-state index in [1.54, 1.807) is 4.90 Å². The minimum Gasteiger partial charge on any atom is -0.481 e. The summed E-state index contributed by atoms with van der Waals surface area (Å²) in [5, 5.41) is 8.68. The summed E-state index contributed by atoms with van der Waals surface area (Å²) in [5.74, 6) is -0.810. The smallest absolute Gasteiger partial charge is 0.303 e. The van der Waals surface area contributed by atoms with Gasteiger partial charge in [-0.25, -0.2) is 0 Å². The molecule has 0 aliphatic carbocycles. The third-order valence-corrected chi connectivity index (χ3v) is 3.07. The van der Waals surface area contributed by atoms with Crippen LogP contribution in [-0.2, 0) is 14.3 Å². The molecule has 98 valence electrons. The van der Waals surface area contributed by atoms with Crippen molar-refractivity contribution in [3.05, 3.63) is 0 Å². The normalized spacial score (nSPS) is 20.3. The molecule has 1 amide bonds. The third-order valence-electron chi connectivity index (χ3n) is 3.07. The van der Waals surface area contributed by atoms with Crippen molar-refractivity contribution in [2.75, 3.05) is 19.8 Å². The van der Waals surface area contributed by atoms with Gasteiger partial charge in [-0.2, -0.15) is 0 Å². The van der Waals surface area contributed by atoms with Crippen LogP contribution in [0.15, 0.2) is 0 Å². The van der Waals surface area contributed by atoms with Crippen molar-refractivity contribution in [3.8, 4) is 0 Å². The second-order valence-electron chi connectivity index (χ2n) is 4.31. The van der Waals surface area contributed by atoms with E-state index in [0.717, 1.165) is 25.8 Å². The highest BCUT2D eigenvalue weighted by molar-refractivity contribution is 5.78. The number of hydrogen-bond acceptors (Lipinski definition) is 3. The van der Waals surface area contributed by atoms with Gasteiger partial charge in [0.1, 0.15) is 6.61 Å². The van der Waals surface area contributed by atoms with E-state index in [9.17, 15) is 9.59 Å². The Morgan fingerprint density at radius 1 is 1.41 bits per heavy atom. The number of nitrogens with zero attached hydrogens (tertiary/aromatic N) is 1. The van der Waals surface area contributed by atoms with Crippen LogP contribution in [0, 0.1) is 0 Å². The molecule has 1 saturated heterocycles. The van der Waals surface area contributed by atoms with Gasteiger partial charge in [-0.3, -0.25) is 9.59 Å². The lowest BCUT2D eigenvalue weighted by atomic mass is 9.98. The number of likely N-dealkylation sites (tertiary alicyclic amines) is 1. The fraction of sp³-hybridized carbons (Fsp3) is 0.833. The summed E-state index contributed by atoms with van der Waals surface area (Å²) >= 11 is 0. The van der Waals surface area contributed by atoms with E-state index < -0.39 is 5.97 Å². The SMILES string of the molecule is CCOCC(=O)N1CCCC[C@@H]1CCC(=O)O. The molecule has 5 nitrogen and oxygen atoms in total. The Kier molecular flexibility index (Phi) is 5.97. The van der Waals surface area contributed by atoms with Crippen LogP contribution >= 0.6 is 0 Å². The van der Waals surface area contributed by atoms with Gasteiger partial charge in [0.15, 0.2) is 0 Å². The number of rotatable bonds is 6. The van der Waals surface area contributed by atoms with Crippen LogP contribution in [-0.4, -0.2) is 47.7 Å². The van der Waals surface area contributed by atoms with Crippen LogP contribution in [0.5, 0.6) is 0 Å². The molecule has 0 aromatic carbocycles. The summed E-state index contributed by atoms with van der Waals surface area (Å²) in [4.78, 5) is 24.2. The molecule has 1 fully saturated rings. The molecule has 0 spiro atoms. The lowest BCUT2D eigenvalue weighted by molar-refractivity contribution is -0.142. The van der Waals surface area contributed by atoms with Gasteiger partial charge in [0.2, 0.25) is 5.91 Å². The number of hydrogen-bond donors (Lipinski definition) is 1. The quantitative estimate of drug-likeness (QED) is 0.763. The molecule has 0 radical (unpaired) electrons. The first-order valence-electron chi connectivity index (χ1n) is 6.24. The van der Waals surface area contributed by atoms with Crippen LogP contribution in [0.4, 0.5) is 0 Å². The van der Waals surface area contributed by atoms with E-state index >= 15 is 0 Å². The van der Waals surface area contributed by atoms with Gasteiger partial charge in [-0.15, -0.1) is 0 Å². The van der Waals surface area contributed by atoms with E-state index in [-0.39, 0.29) is 25.0 Å². The Bertz CT molecular complexity index is 267. The molecule has 0 aromatic heterocycles. The number of amides is 1. The molecular weight excluding hydrogens is 222 g/mol. The van der Waals surface area contributed by atoms with Crippen LogP contribution in [0.1, 0.15) is 39.0 Å². The second kappa shape index (κ2) is 7.27. The maximum atomic E-state index is 11.9. The summed E-state index contributed by atoms with van der Waals surface area (Å²) in [6, 6.07) is 0.0767. The number of carboxylic acids is 1. The first-order chi connectivity index (χ1) is 8.15. The van der Waals surface area contributed by atoms with E-state index in [1.165, 1.54) is 0 Å². The third kappa shape index (κ3) is 4.73. The monoisotopic (exact) mass is 243 g/mol. The second-order valence-corrected chi connectivity index (χ2v) is 4.31. The van der Waals surface area contributed by atoms with Crippen molar-refractivity contribution in [2.45, 2.75) is 45.1 Å². The highest BCUT2D eigenvalue weighted by atomic mass is 16.5. The number of aliphatic carboxylic acids is 1. The molecule has 1 heterocycles. The molecule has 1 rings (SSSR count). The number of carbonyl (C=O) groups excluding carboxylic acids is 1. The summed E-state index contributed by atoms with van der Waals surface area (Å²) in [6.07, 6.45) is 3.66. The van der Waals surface area contributed by atoms with Gasteiger partial charge in [0.05, 0.1) is 0 Å². The van der Waals surface area contributed by atoms with Gasteiger partial charge >= 0.3 is 5.97 Å². The average molecular weight is 243 g/mol. The molecule has 5 heteroatoms. The van der Waals surface area contributed by atoms with Crippen molar-refractivity contribution < 1.29 is 19.4 Å². The van der Waals surface area contributed by atoms with Crippen molar-refractivity contribution >= 4 is 11.9 Å². The van der Waals surface area contributed by atoms with Gasteiger partial charge in [-0.05, 0) is 32.6 Å². The minimum absolute atomic E-state index is 0.0121. The van der Waals surface area contributed by atoms with Crippen molar-refractivity contribution in [3.63, 3.8) is 0 Å². The van der Waals surface area contributed by atoms with Gasteiger partial charge < -0.3 is 14.7 Å². The summed E-state index contributed by atoms with van der Waals surface area (Å²) < 4.78 is 5.11.